The van der Waals surface area contributed by atoms with Gasteiger partial charge in [-0.15, -0.1) is 11.3 Å². The molecule has 0 atom stereocenters. The molecule has 132 valence electrons. The van der Waals surface area contributed by atoms with Crippen molar-refractivity contribution in [3.63, 3.8) is 0 Å². The van der Waals surface area contributed by atoms with Crippen LogP contribution in [-0.2, 0) is 4.74 Å². The summed E-state index contributed by atoms with van der Waals surface area (Å²) in [5, 5.41) is 2.71. The van der Waals surface area contributed by atoms with Crippen LogP contribution in [0.15, 0.2) is 23.7 Å². The van der Waals surface area contributed by atoms with Gasteiger partial charge >= 0.3 is 0 Å². The Morgan fingerprint density at radius 3 is 2.60 bits per heavy atom. The number of hydrogen-bond acceptors (Lipinski definition) is 6. The van der Waals surface area contributed by atoms with E-state index in [1.54, 1.807) is 0 Å². The van der Waals surface area contributed by atoms with E-state index in [1.807, 2.05) is 28.6 Å². The van der Waals surface area contributed by atoms with Crippen molar-refractivity contribution in [3.05, 3.63) is 29.4 Å². The summed E-state index contributed by atoms with van der Waals surface area (Å²) in [6, 6.07) is 4.06. The Balaban J connectivity index is 1.46. The number of rotatable bonds is 3. The molecule has 4 rings (SSSR count). The third kappa shape index (κ3) is 3.67. The zero-order chi connectivity index (χ0) is 17.1. The van der Waals surface area contributed by atoms with Crippen molar-refractivity contribution in [2.75, 3.05) is 44.3 Å². The van der Waals surface area contributed by atoms with Gasteiger partial charge in [0.1, 0.15) is 16.5 Å². The number of morpholine rings is 1. The van der Waals surface area contributed by atoms with Crippen molar-refractivity contribution in [1.29, 1.82) is 0 Å². The minimum absolute atomic E-state index is 0.0556. The quantitative estimate of drug-likeness (QED) is 0.844. The van der Waals surface area contributed by atoms with Gasteiger partial charge in [0.15, 0.2) is 0 Å². The second-order valence-electron chi connectivity index (χ2n) is 6.40. The molecule has 0 aromatic carbocycles. The molecule has 25 heavy (non-hydrogen) atoms. The van der Waals surface area contributed by atoms with E-state index in [0.717, 1.165) is 68.6 Å². The van der Waals surface area contributed by atoms with E-state index in [2.05, 4.69) is 14.9 Å². The molecule has 2 aromatic rings. The summed E-state index contributed by atoms with van der Waals surface area (Å²) in [5.74, 6) is 1.02. The smallest absolute Gasteiger partial charge is 0.273 e. The van der Waals surface area contributed by atoms with Crippen LogP contribution in [0.2, 0.25) is 0 Å². The number of likely N-dealkylation sites (tertiary alicyclic amines) is 1. The zero-order valence-electron chi connectivity index (χ0n) is 14.2. The highest BCUT2D eigenvalue weighted by Crippen LogP contribution is 2.26. The largest absolute Gasteiger partial charge is 0.378 e. The number of aromatic nitrogens is 2. The number of piperidine rings is 1. The van der Waals surface area contributed by atoms with Crippen LogP contribution in [0.1, 0.15) is 29.8 Å². The highest BCUT2D eigenvalue weighted by atomic mass is 32.1. The highest BCUT2D eigenvalue weighted by molar-refractivity contribution is 7.13. The Kier molecular flexibility index (Phi) is 4.94. The van der Waals surface area contributed by atoms with Gasteiger partial charge in [0.05, 0.1) is 13.2 Å². The van der Waals surface area contributed by atoms with Crippen LogP contribution in [0.4, 0.5) is 5.82 Å². The molecule has 2 saturated heterocycles. The summed E-state index contributed by atoms with van der Waals surface area (Å²) in [4.78, 5) is 25.8. The van der Waals surface area contributed by atoms with Crippen LogP contribution in [0.5, 0.6) is 0 Å². The van der Waals surface area contributed by atoms with E-state index in [0.29, 0.717) is 5.69 Å². The van der Waals surface area contributed by atoms with Gasteiger partial charge < -0.3 is 14.5 Å². The molecule has 2 aromatic heterocycles. The average Bonchev–Trinajstić information content (AvgIpc) is 3.19. The molecule has 0 aliphatic carbocycles. The zero-order valence-corrected chi connectivity index (χ0v) is 15.0. The van der Waals surface area contributed by atoms with Gasteiger partial charge in [-0.05, 0) is 31.4 Å². The SMILES string of the molecule is O=C(c1csc(-c2ccc(N3CCOCC3)nc2)n1)N1CCCCC1. The standard InChI is InChI=1S/C18H22N4O2S/c23-18(22-6-2-1-3-7-22)15-13-25-17(20-15)14-4-5-16(19-12-14)21-8-10-24-11-9-21/h4-5,12-13H,1-3,6-11H2. The van der Waals surface area contributed by atoms with E-state index in [-0.39, 0.29) is 5.91 Å². The van der Waals surface area contributed by atoms with E-state index >= 15 is 0 Å². The molecule has 0 spiro atoms. The second-order valence-corrected chi connectivity index (χ2v) is 7.25. The number of nitrogens with zero attached hydrogens (tertiary/aromatic N) is 4. The fourth-order valence-electron chi connectivity index (χ4n) is 3.26. The average molecular weight is 358 g/mol. The number of amides is 1. The van der Waals surface area contributed by atoms with Crippen molar-refractivity contribution in [2.45, 2.75) is 19.3 Å². The van der Waals surface area contributed by atoms with Gasteiger partial charge in [0.2, 0.25) is 0 Å². The van der Waals surface area contributed by atoms with Crippen LogP contribution >= 0.6 is 11.3 Å². The first kappa shape index (κ1) is 16.5. The molecular weight excluding hydrogens is 336 g/mol. The van der Waals surface area contributed by atoms with Crippen molar-refractivity contribution < 1.29 is 9.53 Å². The van der Waals surface area contributed by atoms with Crippen molar-refractivity contribution in [2.24, 2.45) is 0 Å². The molecule has 0 N–H and O–H groups in total. The van der Waals surface area contributed by atoms with Crippen molar-refractivity contribution in [1.82, 2.24) is 14.9 Å². The molecule has 2 aliphatic heterocycles. The highest BCUT2D eigenvalue weighted by Gasteiger charge is 2.21. The monoisotopic (exact) mass is 358 g/mol. The number of thiazole rings is 1. The molecule has 6 nitrogen and oxygen atoms in total. The first-order chi connectivity index (χ1) is 12.3. The molecule has 2 aliphatic rings. The van der Waals surface area contributed by atoms with Gasteiger partial charge in [-0.2, -0.15) is 0 Å². The Morgan fingerprint density at radius 2 is 1.88 bits per heavy atom. The molecule has 4 heterocycles. The first-order valence-corrected chi connectivity index (χ1v) is 9.73. The third-order valence-corrected chi connectivity index (χ3v) is 5.59. The van der Waals surface area contributed by atoms with Crippen LogP contribution in [0.25, 0.3) is 10.6 Å². The molecule has 1 amide bonds. The lowest BCUT2D eigenvalue weighted by atomic mass is 10.1. The summed E-state index contributed by atoms with van der Waals surface area (Å²) in [7, 11) is 0. The Morgan fingerprint density at radius 1 is 1.08 bits per heavy atom. The molecule has 0 bridgehead atoms. The number of anilines is 1. The molecule has 2 fully saturated rings. The van der Waals surface area contributed by atoms with E-state index in [1.165, 1.54) is 17.8 Å². The number of hydrogen-bond donors (Lipinski definition) is 0. The van der Waals surface area contributed by atoms with Crippen LogP contribution in [0.3, 0.4) is 0 Å². The molecule has 7 heteroatoms. The fourth-order valence-corrected chi connectivity index (χ4v) is 4.04. The lowest BCUT2D eigenvalue weighted by Crippen LogP contribution is -2.36. The van der Waals surface area contributed by atoms with Crippen molar-refractivity contribution in [3.8, 4) is 10.6 Å². The van der Waals surface area contributed by atoms with E-state index < -0.39 is 0 Å². The summed E-state index contributed by atoms with van der Waals surface area (Å²) < 4.78 is 5.38. The Labute approximate surface area is 151 Å². The van der Waals surface area contributed by atoms with Gasteiger partial charge in [-0.1, -0.05) is 0 Å². The predicted octanol–water partition coefficient (Wildman–Crippen LogP) is 2.67. The van der Waals surface area contributed by atoms with Crippen LogP contribution in [0, 0.1) is 0 Å². The minimum Gasteiger partial charge on any atom is -0.378 e. The second kappa shape index (κ2) is 7.49. The third-order valence-electron chi connectivity index (χ3n) is 4.70. The summed E-state index contributed by atoms with van der Waals surface area (Å²) in [6.07, 6.45) is 5.25. The predicted molar refractivity (Wildman–Crippen MR) is 98.1 cm³/mol. The van der Waals surface area contributed by atoms with Gasteiger partial charge in [-0.25, -0.2) is 9.97 Å². The lowest BCUT2D eigenvalue weighted by Gasteiger charge is -2.27. The summed E-state index contributed by atoms with van der Waals surface area (Å²) in [5.41, 5.74) is 1.51. The number of pyridine rings is 1. The van der Waals surface area contributed by atoms with Gasteiger partial charge in [-0.3, -0.25) is 4.79 Å². The van der Waals surface area contributed by atoms with E-state index in [4.69, 9.17) is 4.74 Å². The summed E-state index contributed by atoms with van der Waals surface area (Å²) in [6.45, 7) is 4.94. The number of ether oxygens (including phenoxy) is 1. The first-order valence-electron chi connectivity index (χ1n) is 8.85. The number of carbonyl (C=O) groups excluding carboxylic acids is 1. The van der Waals surface area contributed by atoms with Crippen molar-refractivity contribution >= 4 is 23.1 Å². The Bertz CT molecular complexity index is 719. The summed E-state index contributed by atoms with van der Waals surface area (Å²) >= 11 is 1.50. The Hall–Kier alpha value is -1.99. The maximum Gasteiger partial charge on any atom is 0.273 e. The number of carbonyl (C=O) groups is 1. The van der Waals surface area contributed by atoms with Gasteiger partial charge in [0.25, 0.3) is 5.91 Å². The maximum atomic E-state index is 12.5. The molecular formula is C18H22N4O2S. The topological polar surface area (TPSA) is 58.6 Å². The van der Waals surface area contributed by atoms with Crippen LogP contribution < -0.4 is 4.90 Å². The normalized spacial score (nSPS) is 18.4. The van der Waals surface area contributed by atoms with Crippen LogP contribution in [-0.4, -0.2) is 60.2 Å². The maximum absolute atomic E-state index is 12.5. The molecule has 0 radical (unpaired) electrons. The van der Waals surface area contributed by atoms with Gasteiger partial charge in [0, 0.05) is 43.3 Å². The van der Waals surface area contributed by atoms with E-state index in [9.17, 15) is 4.79 Å². The lowest BCUT2D eigenvalue weighted by molar-refractivity contribution is 0.0719. The minimum atomic E-state index is 0.0556. The molecule has 0 saturated carbocycles. The molecule has 0 unspecified atom stereocenters. The fraction of sp³-hybridized carbons (Fsp3) is 0.500.